The van der Waals surface area contributed by atoms with Crippen LogP contribution in [0.4, 0.5) is 13.2 Å². The molecule has 0 unspecified atom stereocenters. The number of methoxy groups -OCH3 is 1. The molecule has 94 valence electrons. The van der Waals surface area contributed by atoms with Gasteiger partial charge in [-0.3, -0.25) is 4.79 Å². The molecular formula is C9H9F3N2O3. The SMILES string of the molecule is COc1cc(OC(F)(F)F)nc(C=O)c1CN. The zero-order chi connectivity index (χ0) is 13.1. The van der Waals surface area contributed by atoms with Gasteiger partial charge >= 0.3 is 6.36 Å². The van der Waals surface area contributed by atoms with Crippen molar-refractivity contribution in [2.24, 2.45) is 5.73 Å². The molecule has 8 heteroatoms. The van der Waals surface area contributed by atoms with Gasteiger partial charge in [0.05, 0.1) is 7.11 Å². The smallest absolute Gasteiger partial charge is 0.496 e. The Balaban J connectivity index is 3.22. The molecule has 17 heavy (non-hydrogen) atoms. The predicted octanol–water partition coefficient (Wildman–Crippen LogP) is 1.26. The minimum absolute atomic E-state index is 0.0175. The van der Waals surface area contributed by atoms with Gasteiger partial charge in [0.1, 0.15) is 11.4 Å². The Morgan fingerprint density at radius 1 is 1.53 bits per heavy atom. The van der Waals surface area contributed by atoms with Crippen molar-refractivity contribution < 1.29 is 27.4 Å². The van der Waals surface area contributed by atoms with Crippen LogP contribution in [0.1, 0.15) is 16.1 Å². The second-order valence-electron chi connectivity index (χ2n) is 2.90. The highest BCUT2D eigenvalue weighted by Gasteiger charge is 2.32. The van der Waals surface area contributed by atoms with Gasteiger partial charge < -0.3 is 15.2 Å². The Morgan fingerprint density at radius 3 is 2.59 bits per heavy atom. The highest BCUT2D eigenvalue weighted by Crippen LogP contribution is 2.28. The van der Waals surface area contributed by atoms with Crippen LogP contribution < -0.4 is 15.2 Å². The fourth-order valence-electron chi connectivity index (χ4n) is 1.20. The first-order valence-corrected chi connectivity index (χ1v) is 4.40. The molecular weight excluding hydrogens is 241 g/mol. The number of nitrogens with zero attached hydrogens (tertiary/aromatic N) is 1. The molecule has 0 fully saturated rings. The normalized spacial score (nSPS) is 11.1. The van der Waals surface area contributed by atoms with Gasteiger partial charge in [-0.25, -0.2) is 4.98 Å². The van der Waals surface area contributed by atoms with E-state index in [1.807, 2.05) is 0 Å². The van der Waals surface area contributed by atoms with Crippen LogP contribution in [0, 0.1) is 0 Å². The Labute approximate surface area is 94.3 Å². The van der Waals surface area contributed by atoms with E-state index in [-0.39, 0.29) is 29.8 Å². The Morgan fingerprint density at radius 2 is 2.18 bits per heavy atom. The monoisotopic (exact) mass is 250 g/mol. The van der Waals surface area contributed by atoms with E-state index >= 15 is 0 Å². The Kier molecular flexibility index (Phi) is 3.89. The number of halogens is 3. The van der Waals surface area contributed by atoms with Gasteiger partial charge in [-0.05, 0) is 0 Å². The third kappa shape index (κ3) is 3.31. The van der Waals surface area contributed by atoms with Gasteiger partial charge in [0, 0.05) is 18.2 Å². The van der Waals surface area contributed by atoms with Crippen molar-refractivity contribution in [3.63, 3.8) is 0 Å². The van der Waals surface area contributed by atoms with Crippen LogP contribution in [0.3, 0.4) is 0 Å². The van der Waals surface area contributed by atoms with Crippen molar-refractivity contribution in [1.82, 2.24) is 4.98 Å². The summed E-state index contributed by atoms with van der Waals surface area (Å²) in [6.07, 6.45) is -4.60. The topological polar surface area (TPSA) is 74.4 Å². The fraction of sp³-hybridized carbons (Fsp3) is 0.333. The molecule has 0 amide bonds. The molecule has 0 aliphatic heterocycles. The standard InChI is InChI=1S/C9H9F3N2O3/c1-16-7-2-8(17-9(10,11)12)14-6(4-15)5(7)3-13/h2,4H,3,13H2,1H3. The molecule has 0 saturated heterocycles. The van der Waals surface area contributed by atoms with Crippen molar-refractivity contribution in [2.45, 2.75) is 12.9 Å². The lowest BCUT2D eigenvalue weighted by Crippen LogP contribution is -2.19. The van der Waals surface area contributed by atoms with Crippen LogP contribution in [0.25, 0.3) is 0 Å². The lowest BCUT2D eigenvalue weighted by molar-refractivity contribution is -0.276. The number of aldehydes is 1. The van der Waals surface area contributed by atoms with E-state index in [9.17, 15) is 18.0 Å². The Bertz CT molecular complexity index is 421. The largest absolute Gasteiger partial charge is 0.574 e. The summed E-state index contributed by atoms with van der Waals surface area (Å²) in [5.41, 5.74) is 5.31. The van der Waals surface area contributed by atoms with Crippen LogP contribution in [-0.2, 0) is 6.54 Å². The van der Waals surface area contributed by atoms with E-state index in [2.05, 4.69) is 9.72 Å². The number of aromatic nitrogens is 1. The van der Waals surface area contributed by atoms with Gasteiger partial charge in [-0.2, -0.15) is 0 Å². The second-order valence-corrected chi connectivity index (χ2v) is 2.90. The van der Waals surface area contributed by atoms with Gasteiger partial charge in [-0.1, -0.05) is 0 Å². The number of alkyl halides is 3. The van der Waals surface area contributed by atoms with Crippen LogP contribution in [0.15, 0.2) is 6.07 Å². The highest BCUT2D eigenvalue weighted by atomic mass is 19.4. The maximum absolute atomic E-state index is 12.0. The van der Waals surface area contributed by atoms with Crippen LogP contribution in [0.5, 0.6) is 11.6 Å². The highest BCUT2D eigenvalue weighted by molar-refractivity contribution is 5.76. The van der Waals surface area contributed by atoms with Crippen molar-refractivity contribution in [3.05, 3.63) is 17.3 Å². The summed E-state index contributed by atoms with van der Waals surface area (Å²) in [6, 6.07) is 0.919. The average Bonchev–Trinajstić information content (AvgIpc) is 2.25. The maximum Gasteiger partial charge on any atom is 0.574 e. The van der Waals surface area contributed by atoms with Crippen LogP contribution in [0.2, 0.25) is 0 Å². The summed E-state index contributed by atoms with van der Waals surface area (Å²) < 4.78 is 44.3. The van der Waals surface area contributed by atoms with Crippen molar-refractivity contribution >= 4 is 6.29 Å². The van der Waals surface area contributed by atoms with Gasteiger partial charge in [0.15, 0.2) is 6.29 Å². The molecule has 1 aromatic rings. The van der Waals surface area contributed by atoms with Crippen LogP contribution >= 0.6 is 0 Å². The van der Waals surface area contributed by atoms with Gasteiger partial charge in [0.25, 0.3) is 0 Å². The molecule has 0 aliphatic carbocycles. The molecule has 0 radical (unpaired) electrons. The zero-order valence-electron chi connectivity index (χ0n) is 8.75. The second kappa shape index (κ2) is 5.00. The number of carbonyl (C=O) groups is 1. The van der Waals surface area contributed by atoms with E-state index in [1.165, 1.54) is 7.11 Å². The minimum atomic E-state index is -4.89. The number of hydrogen-bond acceptors (Lipinski definition) is 5. The van der Waals surface area contributed by atoms with E-state index in [0.29, 0.717) is 0 Å². The predicted molar refractivity (Wildman–Crippen MR) is 50.8 cm³/mol. The number of rotatable bonds is 4. The maximum atomic E-state index is 12.0. The molecule has 0 aliphatic rings. The number of pyridine rings is 1. The number of carbonyl (C=O) groups excluding carboxylic acids is 1. The van der Waals surface area contributed by atoms with Crippen molar-refractivity contribution in [3.8, 4) is 11.6 Å². The first-order valence-electron chi connectivity index (χ1n) is 4.40. The van der Waals surface area contributed by atoms with E-state index in [4.69, 9.17) is 10.5 Å². The molecule has 0 saturated carbocycles. The fourth-order valence-corrected chi connectivity index (χ4v) is 1.20. The van der Waals surface area contributed by atoms with E-state index < -0.39 is 12.2 Å². The van der Waals surface area contributed by atoms with Crippen molar-refractivity contribution in [2.75, 3.05) is 7.11 Å². The lowest BCUT2D eigenvalue weighted by atomic mass is 10.2. The molecule has 0 spiro atoms. The quantitative estimate of drug-likeness (QED) is 0.814. The summed E-state index contributed by atoms with van der Waals surface area (Å²) in [6.45, 7) is -0.0868. The summed E-state index contributed by atoms with van der Waals surface area (Å²) in [4.78, 5) is 14.0. The summed E-state index contributed by atoms with van der Waals surface area (Å²) in [5.74, 6) is -0.752. The first-order chi connectivity index (χ1) is 7.91. The third-order valence-electron chi connectivity index (χ3n) is 1.85. The summed E-state index contributed by atoms with van der Waals surface area (Å²) in [5, 5.41) is 0. The molecule has 0 bridgehead atoms. The summed E-state index contributed by atoms with van der Waals surface area (Å²) >= 11 is 0. The summed E-state index contributed by atoms with van der Waals surface area (Å²) in [7, 11) is 1.24. The number of hydrogen-bond donors (Lipinski definition) is 1. The molecule has 5 nitrogen and oxygen atoms in total. The Hall–Kier alpha value is -1.83. The minimum Gasteiger partial charge on any atom is -0.496 e. The molecule has 2 N–H and O–H groups in total. The van der Waals surface area contributed by atoms with E-state index in [0.717, 1.165) is 6.07 Å². The molecule has 0 atom stereocenters. The van der Waals surface area contributed by atoms with Crippen LogP contribution in [-0.4, -0.2) is 24.7 Å². The zero-order valence-corrected chi connectivity index (χ0v) is 8.75. The third-order valence-corrected chi connectivity index (χ3v) is 1.85. The van der Waals surface area contributed by atoms with E-state index in [1.54, 1.807) is 0 Å². The van der Waals surface area contributed by atoms with Gasteiger partial charge in [0.2, 0.25) is 5.88 Å². The molecule has 0 aromatic carbocycles. The molecule has 1 heterocycles. The molecule has 1 rings (SSSR count). The molecule has 1 aromatic heterocycles. The van der Waals surface area contributed by atoms with Crippen molar-refractivity contribution in [1.29, 1.82) is 0 Å². The average molecular weight is 250 g/mol. The number of nitrogens with two attached hydrogens (primary N) is 1. The number of ether oxygens (including phenoxy) is 2. The first kappa shape index (κ1) is 13.2. The lowest BCUT2D eigenvalue weighted by Gasteiger charge is -2.12. The van der Waals surface area contributed by atoms with Gasteiger partial charge in [-0.15, -0.1) is 13.2 Å².